The lowest BCUT2D eigenvalue weighted by atomic mass is 10.1. The molecule has 5 nitrogen and oxygen atoms in total. The first-order valence-electron chi connectivity index (χ1n) is 9.46. The summed E-state index contributed by atoms with van der Waals surface area (Å²) in [4.78, 5) is 4.76. The van der Waals surface area contributed by atoms with Crippen LogP contribution in [0, 0.1) is 12.7 Å². The number of nitrogens with zero attached hydrogens (tertiary/aromatic N) is 3. The highest BCUT2D eigenvalue weighted by Crippen LogP contribution is 2.27. The second-order valence-electron chi connectivity index (χ2n) is 7.05. The van der Waals surface area contributed by atoms with Crippen LogP contribution >= 0.6 is 0 Å². The molecule has 0 bridgehead atoms. The van der Waals surface area contributed by atoms with Gasteiger partial charge in [-0.1, -0.05) is 11.2 Å². The van der Waals surface area contributed by atoms with Crippen molar-refractivity contribution in [2.75, 3.05) is 38.2 Å². The van der Waals surface area contributed by atoms with Gasteiger partial charge in [-0.3, -0.25) is 4.90 Å². The molecule has 0 saturated carbocycles. The second-order valence-corrected chi connectivity index (χ2v) is 7.05. The lowest BCUT2D eigenvalue weighted by molar-refractivity contribution is 0.242. The number of hydrogen-bond acceptors (Lipinski definition) is 5. The average Bonchev–Trinajstić information content (AvgIpc) is 3.09. The zero-order chi connectivity index (χ0) is 19.5. The minimum atomic E-state index is -0.255. The van der Waals surface area contributed by atoms with Crippen molar-refractivity contribution < 1.29 is 13.7 Å². The summed E-state index contributed by atoms with van der Waals surface area (Å²) in [5.74, 6) is 1.34. The van der Waals surface area contributed by atoms with Crippen LogP contribution in [0.3, 0.4) is 0 Å². The summed E-state index contributed by atoms with van der Waals surface area (Å²) in [6.07, 6.45) is 0. The summed E-state index contributed by atoms with van der Waals surface area (Å²) in [5, 5.41) is 4.27. The number of piperazine rings is 1. The summed E-state index contributed by atoms with van der Waals surface area (Å²) < 4.78 is 24.0. The lowest BCUT2D eigenvalue weighted by Crippen LogP contribution is -2.46. The summed E-state index contributed by atoms with van der Waals surface area (Å²) in [5.41, 5.74) is 3.99. The minimum Gasteiger partial charge on any atom is -0.497 e. The molecular weight excluding hydrogens is 357 g/mol. The number of rotatable bonds is 5. The summed E-state index contributed by atoms with van der Waals surface area (Å²) in [6, 6.07) is 14.5. The predicted molar refractivity (Wildman–Crippen MR) is 107 cm³/mol. The molecule has 1 aromatic heterocycles. The molecule has 0 aliphatic carbocycles. The SMILES string of the molecule is COc1cccc(N2CCN(Cc3noc(-c4ccc(F)cc4)c3C)CC2)c1. The molecule has 0 atom stereocenters. The van der Waals surface area contributed by atoms with E-state index in [0.717, 1.165) is 55.3 Å². The number of methoxy groups -OCH3 is 1. The second kappa shape index (κ2) is 8.02. The summed E-state index contributed by atoms with van der Waals surface area (Å²) >= 11 is 0. The van der Waals surface area contributed by atoms with Gasteiger partial charge < -0.3 is 14.2 Å². The van der Waals surface area contributed by atoms with E-state index in [1.807, 2.05) is 19.1 Å². The molecule has 1 fully saturated rings. The fourth-order valence-electron chi connectivity index (χ4n) is 3.57. The van der Waals surface area contributed by atoms with Gasteiger partial charge in [-0.15, -0.1) is 0 Å². The van der Waals surface area contributed by atoms with Crippen LogP contribution in [0.1, 0.15) is 11.3 Å². The van der Waals surface area contributed by atoms with Crippen molar-refractivity contribution in [1.82, 2.24) is 10.1 Å². The van der Waals surface area contributed by atoms with Gasteiger partial charge in [0, 0.05) is 55.6 Å². The number of aromatic nitrogens is 1. The highest BCUT2D eigenvalue weighted by molar-refractivity contribution is 5.61. The molecule has 0 unspecified atom stereocenters. The predicted octanol–water partition coefficient (Wildman–Crippen LogP) is 4.12. The standard InChI is InChI=1S/C22H24FN3O2/c1-16-21(24-28-22(16)17-6-8-18(23)9-7-17)15-25-10-12-26(13-11-25)19-4-3-5-20(14-19)27-2/h3-9,14H,10-13,15H2,1-2H3. The molecule has 1 saturated heterocycles. The van der Waals surface area contributed by atoms with Crippen molar-refractivity contribution in [1.29, 1.82) is 0 Å². The number of hydrogen-bond donors (Lipinski definition) is 0. The highest BCUT2D eigenvalue weighted by atomic mass is 19.1. The van der Waals surface area contributed by atoms with Crippen LogP contribution in [0.2, 0.25) is 0 Å². The Balaban J connectivity index is 1.39. The van der Waals surface area contributed by atoms with Crippen molar-refractivity contribution in [2.24, 2.45) is 0 Å². The Morgan fingerprint density at radius 3 is 2.54 bits per heavy atom. The first kappa shape index (κ1) is 18.5. The van der Waals surface area contributed by atoms with Gasteiger partial charge >= 0.3 is 0 Å². The van der Waals surface area contributed by atoms with E-state index in [1.165, 1.54) is 17.8 Å². The Morgan fingerprint density at radius 1 is 1.07 bits per heavy atom. The Labute approximate surface area is 164 Å². The molecule has 0 radical (unpaired) electrons. The molecule has 1 aliphatic rings. The molecule has 146 valence electrons. The molecule has 2 aromatic carbocycles. The zero-order valence-corrected chi connectivity index (χ0v) is 16.2. The van der Waals surface area contributed by atoms with Crippen LogP contribution in [-0.2, 0) is 6.54 Å². The smallest absolute Gasteiger partial charge is 0.170 e. The Bertz CT molecular complexity index is 931. The van der Waals surface area contributed by atoms with Crippen LogP contribution in [0.4, 0.5) is 10.1 Å². The monoisotopic (exact) mass is 381 g/mol. The third kappa shape index (κ3) is 3.87. The van der Waals surface area contributed by atoms with Crippen molar-refractivity contribution >= 4 is 5.69 Å². The van der Waals surface area contributed by atoms with E-state index in [1.54, 1.807) is 19.2 Å². The molecule has 0 N–H and O–H groups in total. The van der Waals surface area contributed by atoms with E-state index in [4.69, 9.17) is 9.26 Å². The van der Waals surface area contributed by atoms with Crippen LogP contribution in [0.25, 0.3) is 11.3 Å². The van der Waals surface area contributed by atoms with Gasteiger partial charge in [-0.25, -0.2) is 4.39 Å². The van der Waals surface area contributed by atoms with E-state index in [9.17, 15) is 4.39 Å². The topological polar surface area (TPSA) is 41.7 Å². The molecule has 2 heterocycles. The van der Waals surface area contributed by atoms with E-state index in [-0.39, 0.29) is 5.82 Å². The minimum absolute atomic E-state index is 0.255. The van der Waals surface area contributed by atoms with Gasteiger partial charge in [-0.05, 0) is 43.3 Å². The summed E-state index contributed by atoms with van der Waals surface area (Å²) in [7, 11) is 1.69. The van der Waals surface area contributed by atoms with Crippen LogP contribution in [0.15, 0.2) is 53.1 Å². The fraction of sp³-hybridized carbons (Fsp3) is 0.318. The quantitative estimate of drug-likeness (QED) is 0.665. The van der Waals surface area contributed by atoms with Gasteiger partial charge in [0.25, 0.3) is 0 Å². The molecule has 4 rings (SSSR count). The number of ether oxygens (including phenoxy) is 1. The maximum atomic E-state index is 13.1. The third-order valence-electron chi connectivity index (χ3n) is 5.29. The van der Waals surface area contributed by atoms with Crippen LogP contribution < -0.4 is 9.64 Å². The van der Waals surface area contributed by atoms with Gasteiger partial charge in [-0.2, -0.15) is 0 Å². The molecule has 0 amide bonds. The first-order chi connectivity index (χ1) is 13.6. The van der Waals surface area contributed by atoms with Crippen molar-refractivity contribution in [2.45, 2.75) is 13.5 Å². The van der Waals surface area contributed by atoms with Crippen LogP contribution in [0.5, 0.6) is 5.75 Å². The summed E-state index contributed by atoms with van der Waals surface area (Å²) in [6.45, 7) is 6.58. The van der Waals surface area contributed by atoms with E-state index >= 15 is 0 Å². The highest BCUT2D eigenvalue weighted by Gasteiger charge is 2.21. The van der Waals surface area contributed by atoms with Crippen LogP contribution in [-0.4, -0.2) is 43.3 Å². The average molecular weight is 381 g/mol. The molecular formula is C22H24FN3O2. The van der Waals surface area contributed by atoms with Gasteiger partial charge in [0.15, 0.2) is 5.76 Å². The first-order valence-corrected chi connectivity index (χ1v) is 9.46. The molecule has 6 heteroatoms. The molecule has 0 spiro atoms. The van der Waals surface area contributed by atoms with Gasteiger partial charge in [0.2, 0.25) is 0 Å². The maximum Gasteiger partial charge on any atom is 0.170 e. The molecule has 3 aromatic rings. The van der Waals surface area contributed by atoms with Gasteiger partial charge in [0.05, 0.1) is 7.11 Å². The molecule has 1 aliphatic heterocycles. The van der Waals surface area contributed by atoms with E-state index in [0.29, 0.717) is 5.76 Å². The van der Waals surface area contributed by atoms with E-state index < -0.39 is 0 Å². The zero-order valence-electron chi connectivity index (χ0n) is 16.2. The maximum absolute atomic E-state index is 13.1. The van der Waals surface area contributed by atoms with Crippen molar-refractivity contribution in [3.8, 4) is 17.1 Å². The van der Waals surface area contributed by atoms with E-state index in [2.05, 4.69) is 27.1 Å². The fourth-order valence-corrected chi connectivity index (χ4v) is 3.57. The Morgan fingerprint density at radius 2 is 1.82 bits per heavy atom. The normalized spacial score (nSPS) is 15.0. The Kier molecular flexibility index (Phi) is 5.30. The third-order valence-corrected chi connectivity index (χ3v) is 5.29. The number of benzene rings is 2. The number of halogens is 1. The van der Waals surface area contributed by atoms with Gasteiger partial charge in [0.1, 0.15) is 17.3 Å². The van der Waals surface area contributed by atoms with Crippen molar-refractivity contribution in [3.05, 3.63) is 65.6 Å². The number of anilines is 1. The Hall–Kier alpha value is -2.86. The van der Waals surface area contributed by atoms with Crippen molar-refractivity contribution in [3.63, 3.8) is 0 Å². The largest absolute Gasteiger partial charge is 0.497 e. The lowest BCUT2D eigenvalue weighted by Gasteiger charge is -2.35. The molecule has 28 heavy (non-hydrogen) atoms.